The third-order valence-electron chi connectivity index (χ3n) is 5.80. The number of halogens is 5. The Morgan fingerprint density at radius 1 is 1.22 bits per heavy atom. The van der Waals surface area contributed by atoms with Gasteiger partial charge in [-0.1, -0.05) is 23.2 Å². The molecule has 1 fully saturated rings. The van der Waals surface area contributed by atoms with E-state index in [0.29, 0.717) is 18.5 Å². The number of carbonyl (C=O) groups is 1. The number of H-pyrrole nitrogens is 1. The Morgan fingerprint density at radius 2 is 1.91 bits per heavy atom. The lowest BCUT2D eigenvalue weighted by Crippen LogP contribution is -2.34. The lowest BCUT2D eigenvalue weighted by molar-refractivity contribution is -0.133. The molecule has 1 aliphatic heterocycles. The molecule has 1 aromatic heterocycles. The third-order valence-corrected chi connectivity index (χ3v) is 7.45. The standard InChI is InChI=1S/C19H18Cl2F3N3O4S/c20-14-7-11(31-32(29,30)19(22,23)24)8-15(21)12(14)6-10-4-5-27(18(10)28)17-3-1-2-16-13(17)9-25-26-16/h7-10,17H,1-6H2,(H,25,26)/t10-,17?/m0/s1. The predicted octanol–water partition coefficient (Wildman–Crippen LogP) is 4.41. The van der Waals surface area contributed by atoms with Crippen LogP contribution in [-0.4, -0.2) is 41.5 Å². The van der Waals surface area contributed by atoms with E-state index in [1.54, 1.807) is 6.20 Å². The zero-order valence-electron chi connectivity index (χ0n) is 16.5. The minimum atomic E-state index is -5.85. The van der Waals surface area contributed by atoms with E-state index in [2.05, 4.69) is 14.4 Å². The fraction of sp³-hybridized carbons (Fsp3) is 0.474. The molecule has 1 amide bonds. The molecule has 2 heterocycles. The average Bonchev–Trinajstić information content (AvgIpc) is 3.30. The number of fused-ring (bicyclic) bond motifs is 1. The maximum Gasteiger partial charge on any atom is 0.534 e. The Labute approximate surface area is 191 Å². The largest absolute Gasteiger partial charge is 0.534 e. The summed E-state index contributed by atoms with van der Waals surface area (Å²) in [5.74, 6) is -1.13. The van der Waals surface area contributed by atoms with Gasteiger partial charge in [-0.25, -0.2) is 0 Å². The summed E-state index contributed by atoms with van der Waals surface area (Å²) in [5.41, 5.74) is -3.18. The number of hydrogen-bond acceptors (Lipinski definition) is 5. The van der Waals surface area contributed by atoms with Crippen molar-refractivity contribution in [2.45, 2.75) is 43.7 Å². The van der Waals surface area contributed by atoms with Gasteiger partial charge in [0.1, 0.15) is 5.75 Å². The molecular weight excluding hydrogens is 494 g/mol. The second-order valence-corrected chi connectivity index (χ2v) is 10.1. The van der Waals surface area contributed by atoms with Crippen molar-refractivity contribution in [1.82, 2.24) is 15.1 Å². The van der Waals surface area contributed by atoms with E-state index in [0.717, 1.165) is 42.7 Å². The van der Waals surface area contributed by atoms with Crippen LogP contribution in [0, 0.1) is 5.92 Å². The number of carbonyl (C=O) groups excluding carboxylic acids is 1. The molecule has 0 spiro atoms. The Bertz CT molecular complexity index is 1130. The van der Waals surface area contributed by atoms with E-state index in [-0.39, 0.29) is 28.4 Å². The molecule has 4 rings (SSSR count). The van der Waals surface area contributed by atoms with Gasteiger partial charge in [0, 0.05) is 45.9 Å². The molecule has 2 atom stereocenters. The number of aromatic nitrogens is 2. The van der Waals surface area contributed by atoms with E-state index >= 15 is 0 Å². The molecule has 0 radical (unpaired) electrons. The molecule has 2 aliphatic rings. The van der Waals surface area contributed by atoms with Gasteiger partial charge in [-0.05, 0) is 37.7 Å². The number of nitrogens with one attached hydrogen (secondary N) is 1. The van der Waals surface area contributed by atoms with Crippen molar-refractivity contribution >= 4 is 39.2 Å². The molecule has 13 heteroatoms. The first-order valence-electron chi connectivity index (χ1n) is 9.79. The van der Waals surface area contributed by atoms with Crippen LogP contribution in [0.4, 0.5) is 13.2 Å². The van der Waals surface area contributed by atoms with Crippen molar-refractivity contribution in [2.24, 2.45) is 5.92 Å². The Kier molecular flexibility index (Phi) is 6.10. The molecule has 1 aromatic carbocycles. The fourth-order valence-electron chi connectivity index (χ4n) is 4.27. The number of alkyl halides is 3. The Morgan fingerprint density at radius 3 is 2.56 bits per heavy atom. The fourth-order valence-corrected chi connectivity index (χ4v) is 5.33. The van der Waals surface area contributed by atoms with E-state index in [1.165, 1.54) is 0 Å². The minimum Gasteiger partial charge on any atom is -0.376 e. The number of nitrogens with zero attached hydrogens (tertiary/aromatic N) is 2. The summed E-state index contributed by atoms with van der Waals surface area (Å²) < 4.78 is 64.2. The van der Waals surface area contributed by atoms with Gasteiger partial charge in [-0.15, -0.1) is 0 Å². The smallest absolute Gasteiger partial charge is 0.376 e. The summed E-state index contributed by atoms with van der Waals surface area (Å²) in [4.78, 5) is 14.9. The number of likely N-dealkylation sites (tertiary alicyclic amines) is 1. The van der Waals surface area contributed by atoms with Gasteiger partial charge in [-0.2, -0.15) is 26.7 Å². The summed E-state index contributed by atoms with van der Waals surface area (Å²) in [6.07, 6.45) is 5.16. The monoisotopic (exact) mass is 511 g/mol. The average molecular weight is 512 g/mol. The second kappa shape index (κ2) is 8.42. The summed E-state index contributed by atoms with van der Waals surface area (Å²) in [7, 11) is -5.85. The van der Waals surface area contributed by atoms with Gasteiger partial charge in [0.15, 0.2) is 0 Å². The molecule has 1 saturated heterocycles. The maximum absolute atomic E-state index is 13.1. The lowest BCUT2D eigenvalue weighted by atomic mass is 9.92. The van der Waals surface area contributed by atoms with Crippen molar-refractivity contribution in [3.63, 3.8) is 0 Å². The predicted molar refractivity (Wildman–Crippen MR) is 110 cm³/mol. The summed E-state index contributed by atoms with van der Waals surface area (Å²) in [6, 6.07) is 1.84. The molecule has 32 heavy (non-hydrogen) atoms. The van der Waals surface area contributed by atoms with Crippen LogP contribution in [0.25, 0.3) is 0 Å². The molecule has 1 aliphatic carbocycles. The van der Waals surface area contributed by atoms with Crippen LogP contribution in [0.1, 0.15) is 42.1 Å². The molecule has 2 aromatic rings. The first-order chi connectivity index (χ1) is 15.0. The molecule has 1 N–H and O–H groups in total. The quantitative estimate of drug-likeness (QED) is 0.474. The van der Waals surface area contributed by atoms with Crippen molar-refractivity contribution < 1.29 is 30.6 Å². The second-order valence-electron chi connectivity index (χ2n) is 7.78. The molecule has 0 saturated carbocycles. The van der Waals surface area contributed by atoms with E-state index in [1.807, 2.05) is 4.90 Å². The molecular formula is C19H18Cl2F3N3O4S. The van der Waals surface area contributed by atoms with Gasteiger partial charge in [0.2, 0.25) is 5.91 Å². The Hall–Kier alpha value is -1.98. The van der Waals surface area contributed by atoms with Crippen molar-refractivity contribution in [1.29, 1.82) is 0 Å². The van der Waals surface area contributed by atoms with Crippen LogP contribution in [0.2, 0.25) is 10.0 Å². The summed E-state index contributed by atoms with van der Waals surface area (Å²) in [5, 5.41) is 6.91. The number of amides is 1. The zero-order valence-corrected chi connectivity index (χ0v) is 18.8. The number of rotatable bonds is 5. The van der Waals surface area contributed by atoms with Crippen LogP contribution in [0.15, 0.2) is 18.3 Å². The molecule has 174 valence electrons. The van der Waals surface area contributed by atoms with Crippen LogP contribution in [0.5, 0.6) is 5.75 Å². The van der Waals surface area contributed by atoms with Crippen LogP contribution >= 0.6 is 23.2 Å². The topological polar surface area (TPSA) is 92.4 Å². The summed E-state index contributed by atoms with van der Waals surface area (Å²) in [6.45, 7) is 0.555. The first-order valence-corrected chi connectivity index (χ1v) is 12.0. The van der Waals surface area contributed by atoms with Crippen LogP contribution in [-0.2, 0) is 27.8 Å². The van der Waals surface area contributed by atoms with Crippen molar-refractivity contribution in [2.75, 3.05) is 6.54 Å². The Balaban J connectivity index is 1.50. The molecule has 1 unspecified atom stereocenters. The van der Waals surface area contributed by atoms with E-state index in [9.17, 15) is 26.4 Å². The molecule has 7 nitrogen and oxygen atoms in total. The highest BCUT2D eigenvalue weighted by Gasteiger charge is 2.48. The van der Waals surface area contributed by atoms with Gasteiger partial charge < -0.3 is 9.08 Å². The highest BCUT2D eigenvalue weighted by atomic mass is 35.5. The normalized spacial score (nSPS) is 21.7. The van der Waals surface area contributed by atoms with Gasteiger partial charge in [0.25, 0.3) is 0 Å². The van der Waals surface area contributed by atoms with E-state index in [4.69, 9.17) is 23.2 Å². The van der Waals surface area contributed by atoms with Crippen LogP contribution in [0.3, 0.4) is 0 Å². The number of hydrogen-bond donors (Lipinski definition) is 1. The van der Waals surface area contributed by atoms with Gasteiger partial charge in [0.05, 0.1) is 12.2 Å². The number of benzene rings is 1. The lowest BCUT2D eigenvalue weighted by Gasteiger charge is -2.31. The highest BCUT2D eigenvalue weighted by molar-refractivity contribution is 7.88. The third kappa shape index (κ3) is 4.29. The SMILES string of the molecule is O=C1[C@H](Cc2c(Cl)cc(OS(=O)(=O)C(F)(F)F)cc2Cl)CCN1C1CCCc2[nH]ncc21. The number of aromatic amines is 1. The first kappa shape index (κ1) is 23.2. The van der Waals surface area contributed by atoms with Crippen LogP contribution < -0.4 is 4.18 Å². The maximum atomic E-state index is 13.1. The minimum absolute atomic E-state index is 0.0516. The van der Waals surface area contributed by atoms with Gasteiger partial charge >= 0.3 is 15.6 Å². The van der Waals surface area contributed by atoms with Crippen molar-refractivity contribution in [3.05, 3.63) is 45.2 Å². The van der Waals surface area contributed by atoms with Gasteiger partial charge in [-0.3, -0.25) is 9.89 Å². The van der Waals surface area contributed by atoms with Crippen molar-refractivity contribution in [3.8, 4) is 5.75 Å². The molecule has 0 bridgehead atoms. The van der Waals surface area contributed by atoms with E-state index < -0.39 is 27.3 Å². The highest BCUT2D eigenvalue weighted by Crippen LogP contribution is 2.40. The summed E-state index contributed by atoms with van der Waals surface area (Å²) >= 11 is 12.3. The number of aryl methyl sites for hydroxylation is 1. The zero-order chi connectivity index (χ0) is 23.3.